The molecule has 1 aliphatic heterocycles. The molecule has 2 N–H and O–H groups in total. The van der Waals surface area contributed by atoms with Crippen molar-refractivity contribution in [3.05, 3.63) is 92.8 Å². The van der Waals surface area contributed by atoms with Crippen molar-refractivity contribution < 1.29 is 27.9 Å². The smallest absolute Gasteiger partial charge is 0.416 e. The number of aryl methyl sites for hydroxylation is 3. The van der Waals surface area contributed by atoms with Crippen molar-refractivity contribution in [1.82, 2.24) is 24.2 Å². The summed E-state index contributed by atoms with van der Waals surface area (Å²) in [5, 5.41) is 12.8. The fourth-order valence-electron chi connectivity index (χ4n) is 6.70. The van der Waals surface area contributed by atoms with Gasteiger partial charge >= 0.3 is 12.1 Å². The van der Waals surface area contributed by atoms with E-state index in [1.54, 1.807) is 23.0 Å². The highest BCUT2D eigenvalue weighted by atomic mass is 19.4. The molecule has 9 nitrogen and oxygen atoms in total. The van der Waals surface area contributed by atoms with E-state index in [4.69, 9.17) is 0 Å². The molecular weight excluding hydrogens is 623 g/mol. The average molecular weight is 666 g/mol. The Morgan fingerprint density at radius 2 is 1.73 bits per heavy atom. The maximum atomic E-state index is 14.1. The summed E-state index contributed by atoms with van der Waals surface area (Å²) in [5.41, 5.74) is 3.99. The number of hydrogen-bond acceptors (Lipinski definition) is 5. The average Bonchev–Trinajstić information content (AvgIpc) is 3.43. The maximum Gasteiger partial charge on any atom is 0.416 e. The molecule has 1 fully saturated rings. The first-order chi connectivity index (χ1) is 22.6. The Balaban J connectivity index is 1.56. The van der Waals surface area contributed by atoms with Gasteiger partial charge in [-0.1, -0.05) is 31.5 Å². The number of nitrogens with one attached hydrogen (secondary N) is 1. The van der Waals surface area contributed by atoms with Crippen LogP contribution in [0.3, 0.4) is 0 Å². The van der Waals surface area contributed by atoms with Crippen LogP contribution in [0.4, 0.5) is 13.2 Å². The molecule has 0 aliphatic carbocycles. The number of halogens is 3. The first-order valence-electron chi connectivity index (χ1n) is 16.2. The Morgan fingerprint density at radius 1 is 1.04 bits per heavy atom. The van der Waals surface area contributed by atoms with Crippen molar-refractivity contribution in [2.45, 2.75) is 78.6 Å². The van der Waals surface area contributed by atoms with E-state index in [9.17, 15) is 32.7 Å². The van der Waals surface area contributed by atoms with E-state index in [1.165, 1.54) is 6.20 Å². The third kappa shape index (κ3) is 7.64. The van der Waals surface area contributed by atoms with Crippen molar-refractivity contribution in [1.29, 1.82) is 0 Å². The quantitative estimate of drug-likeness (QED) is 0.185. The minimum absolute atomic E-state index is 0.0586. The first kappa shape index (κ1) is 34.9. The normalized spacial score (nSPS) is 15.0. The third-order valence-corrected chi connectivity index (χ3v) is 9.00. The number of amides is 1. The van der Waals surface area contributed by atoms with Gasteiger partial charge in [0.05, 0.1) is 18.0 Å². The van der Waals surface area contributed by atoms with Crippen molar-refractivity contribution in [2.75, 3.05) is 19.6 Å². The van der Waals surface area contributed by atoms with Crippen LogP contribution in [0.25, 0.3) is 16.8 Å². The standard InChI is InChI=1S/C36H42F3N5O4/c1-21(2)13-30(44-20-25(7-11-42-9-6-10-42)28(17-31(44)45)36(37,38)39)35(48)41-29(18-32(46)47)26-16-27(34-40-8-12-43(34)19-26)33-23(4)14-22(3)15-24(33)5/h8,12,14-17,19-21,29-30H,6-7,9-11,13,18H2,1-5H3,(H,41,48)(H,46,47)/t29-,30+/m1/s1. The number of hydrogen-bond donors (Lipinski definition) is 2. The maximum absolute atomic E-state index is 14.1. The van der Waals surface area contributed by atoms with Gasteiger partial charge in [0.1, 0.15) is 11.7 Å². The van der Waals surface area contributed by atoms with E-state index in [0.717, 1.165) is 51.9 Å². The van der Waals surface area contributed by atoms with E-state index >= 15 is 0 Å². The molecular formula is C36H42F3N5O4. The number of nitrogens with zero attached hydrogens (tertiary/aromatic N) is 4. The second-order valence-corrected chi connectivity index (χ2v) is 13.3. The number of likely N-dealkylation sites (tertiary alicyclic amines) is 1. The lowest BCUT2D eigenvalue weighted by Gasteiger charge is -2.31. The van der Waals surface area contributed by atoms with Crippen molar-refractivity contribution in [3.8, 4) is 11.1 Å². The molecule has 0 spiro atoms. The second kappa shape index (κ2) is 14.0. The van der Waals surface area contributed by atoms with Gasteiger partial charge < -0.3 is 24.3 Å². The van der Waals surface area contributed by atoms with Gasteiger partial charge in [-0.25, -0.2) is 4.98 Å². The molecule has 0 bridgehead atoms. The van der Waals surface area contributed by atoms with Gasteiger partial charge in [-0.15, -0.1) is 0 Å². The number of fused-ring (bicyclic) bond motifs is 1. The van der Waals surface area contributed by atoms with Crippen LogP contribution in [0.5, 0.6) is 0 Å². The molecule has 4 aromatic rings. The van der Waals surface area contributed by atoms with Gasteiger partial charge in [-0.2, -0.15) is 13.2 Å². The van der Waals surface area contributed by atoms with E-state index in [1.807, 2.05) is 45.6 Å². The minimum atomic E-state index is -4.73. The molecule has 5 rings (SSSR count). The zero-order valence-electron chi connectivity index (χ0n) is 27.9. The van der Waals surface area contributed by atoms with E-state index in [0.29, 0.717) is 23.8 Å². The highest BCUT2D eigenvalue weighted by molar-refractivity contribution is 5.84. The number of pyridine rings is 2. The molecule has 2 atom stereocenters. The zero-order chi connectivity index (χ0) is 34.9. The first-order valence-corrected chi connectivity index (χ1v) is 16.2. The van der Waals surface area contributed by atoms with Gasteiger partial charge in [0.2, 0.25) is 5.91 Å². The predicted octanol–water partition coefficient (Wildman–Crippen LogP) is 6.27. The van der Waals surface area contributed by atoms with Crippen LogP contribution < -0.4 is 10.9 Å². The molecule has 1 aliphatic rings. The van der Waals surface area contributed by atoms with Crippen LogP contribution in [-0.4, -0.2) is 55.5 Å². The lowest BCUT2D eigenvalue weighted by molar-refractivity contribution is -0.139. The molecule has 48 heavy (non-hydrogen) atoms. The van der Waals surface area contributed by atoms with Crippen molar-refractivity contribution >= 4 is 17.5 Å². The van der Waals surface area contributed by atoms with Gasteiger partial charge in [-0.05, 0) is 92.9 Å². The van der Waals surface area contributed by atoms with Crippen LogP contribution >= 0.6 is 0 Å². The molecule has 1 aromatic carbocycles. The SMILES string of the molecule is Cc1cc(C)c(-c2cc([C@@H](CC(=O)O)NC(=O)[C@H](CC(C)C)n3cc(CCN4CCC4)c(C(F)(F)F)cc3=O)cn3ccnc23)c(C)c1. The number of carboxylic acids is 1. The number of alkyl halides is 3. The Morgan fingerprint density at radius 3 is 2.31 bits per heavy atom. The highest BCUT2D eigenvalue weighted by Gasteiger charge is 2.36. The predicted molar refractivity (Wildman–Crippen MR) is 177 cm³/mol. The summed E-state index contributed by atoms with van der Waals surface area (Å²) >= 11 is 0. The summed E-state index contributed by atoms with van der Waals surface area (Å²) in [7, 11) is 0. The summed E-state index contributed by atoms with van der Waals surface area (Å²) in [6.45, 7) is 11.7. The van der Waals surface area contributed by atoms with Gasteiger partial charge in [0.25, 0.3) is 5.56 Å². The number of carbonyl (C=O) groups excluding carboxylic acids is 1. The van der Waals surface area contributed by atoms with Crippen LogP contribution in [-0.2, 0) is 22.2 Å². The summed E-state index contributed by atoms with van der Waals surface area (Å²) in [4.78, 5) is 46.1. The molecule has 0 radical (unpaired) electrons. The molecule has 256 valence electrons. The fraction of sp³-hybridized carbons (Fsp3) is 0.444. The molecule has 0 saturated carbocycles. The largest absolute Gasteiger partial charge is 0.481 e. The molecule has 12 heteroatoms. The number of benzene rings is 1. The molecule has 0 unspecified atom stereocenters. The number of carbonyl (C=O) groups is 2. The lowest BCUT2D eigenvalue weighted by atomic mass is 9.92. The Hall–Kier alpha value is -4.45. The minimum Gasteiger partial charge on any atom is -0.481 e. The fourth-order valence-corrected chi connectivity index (χ4v) is 6.70. The number of carboxylic acid groups (broad SMARTS) is 1. The van der Waals surface area contributed by atoms with Crippen molar-refractivity contribution in [3.63, 3.8) is 0 Å². The van der Waals surface area contributed by atoms with Crippen molar-refractivity contribution in [2.24, 2.45) is 5.92 Å². The Labute approximate surface area is 277 Å². The number of imidazole rings is 1. The summed E-state index contributed by atoms with van der Waals surface area (Å²) < 4.78 is 45.0. The highest BCUT2D eigenvalue weighted by Crippen LogP contribution is 2.35. The molecule has 1 saturated heterocycles. The van der Waals surface area contributed by atoms with E-state index in [-0.39, 0.29) is 24.3 Å². The Kier molecular flexibility index (Phi) is 10.1. The Bertz CT molecular complexity index is 1870. The summed E-state index contributed by atoms with van der Waals surface area (Å²) in [6, 6.07) is 4.33. The van der Waals surface area contributed by atoms with E-state index in [2.05, 4.69) is 22.4 Å². The lowest BCUT2D eigenvalue weighted by Crippen LogP contribution is -2.41. The summed E-state index contributed by atoms with van der Waals surface area (Å²) in [5.74, 6) is -1.92. The van der Waals surface area contributed by atoms with Gasteiger partial charge in [-0.3, -0.25) is 14.4 Å². The summed E-state index contributed by atoms with van der Waals surface area (Å²) in [6.07, 6.45) is 2.27. The topological polar surface area (TPSA) is 109 Å². The molecule has 3 aromatic heterocycles. The van der Waals surface area contributed by atoms with Gasteiger partial charge in [0.15, 0.2) is 0 Å². The monoisotopic (exact) mass is 665 g/mol. The molecule has 1 amide bonds. The third-order valence-electron chi connectivity index (χ3n) is 9.00. The number of aromatic nitrogens is 3. The number of aliphatic carboxylic acids is 1. The van der Waals surface area contributed by atoms with Crippen LogP contribution in [0, 0.1) is 26.7 Å². The second-order valence-electron chi connectivity index (χ2n) is 13.3. The van der Waals surface area contributed by atoms with E-state index < -0.39 is 47.7 Å². The molecule has 4 heterocycles. The van der Waals surface area contributed by atoms with Crippen LogP contribution in [0.1, 0.15) is 78.6 Å². The van der Waals surface area contributed by atoms with Crippen LogP contribution in [0.2, 0.25) is 0 Å². The zero-order valence-corrected chi connectivity index (χ0v) is 27.9. The van der Waals surface area contributed by atoms with Crippen LogP contribution in [0.15, 0.2) is 53.8 Å². The number of rotatable bonds is 12. The van der Waals surface area contributed by atoms with Gasteiger partial charge in [0, 0.05) is 43.0 Å².